The fraction of sp³-hybridized carbons (Fsp3) is 0.238. The van der Waals surface area contributed by atoms with Gasteiger partial charge in [0.2, 0.25) is 0 Å². The first-order valence-corrected chi connectivity index (χ1v) is 8.08. The topological polar surface area (TPSA) is 0 Å². The van der Waals surface area contributed by atoms with Gasteiger partial charge in [-0.05, 0) is 65.6 Å². The fourth-order valence-corrected chi connectivity index (χ4v) is 3.70. The maximum absolute atomic E-state index is 13.9. The molecule has 0 nitrogen and oxygen atoms in total. The molecule has 0 saturated heterocycles. The van der Waals surface area contributed by atoms with Gasteiger partial charge in [0.25, 0.3) is 0 Å². The first kappa shape index (κ1) is 14.4. The van der Waals surface area contributed by atoms with Crippen LogP contribution in [0.15, 0.2) is 48.5 Å². The van der Waals surface area contributed by atoms with Gasteiger partial charge in [0.15, 0.2) is 11.6 Å². The molecular weight excluding hydrogens is 290 g/mol. The number of fused-ring (bicyclic) bond motifs is 2. The highest BCUT2D eigenvalue weighted by atomic mass is 19.2. The van der Waals surface area contributed by atoms with Crippen molar-refractivity contribution in [1.82, 2.24) is 0 Å². The van der Waals surface area contributed by atoms with Crippen molar-refractivity contribution in [3.63, 3.8) is 0 Å². The van der Waals surface area contributed by atoms with Crippen LogP contribution in [0.3, 0.4) is 0 Å². The summed E-state index contributed by atoms with van der Waals surface area (Å²) in [6.45, 7) is 2.10. The van der Waals surface area contributed by atoms with Crippen molar-refractivity contribution in [2.24, 2.45) is 0 Å². The summed E-state index contributed by atoms with van der Waals surface area (Å²) in [7, 11) is 0. The highest BCUT2D eigenvalue weighted by molar-refractivity contribution is 5.84. The number of rotatable bonds is 1. The molecule has 116 valence electrons. The predicted octanol–water partition coefficient (Wildman–Crippen LogP) is 5.70. The molecule has 0 amide bonds. The lowest BCUT2D eigenvalue weighted by atomic mass is 9.79. The van der Waals surface area contributed by atoms with Crippen LogP contribution in [0.5, 0.6) is 0 Å². The van der Waals surface area contributed by atoms with E-state index in [9.17, 15) is 8.78 Å². The molecule has 1 unspecified atom stereocenters. The summed E-state index contributed by atoms with van der Waals surface area (Å²) in [6, 6.07) is 16.0. The van der Waals surface area contributed by atoms with Crippen LogP contribution in [-0.4, -0.2) is 0 Å². The number of hydrogen-bond donors (Lipinski definition) is 0. The third-order valence-corrected chi connectivity index (χ3v) is 4.99. The Morgan fingerprint density at radius 1 is 0.913 bits per heavy atom. The van der Waals surface area contributed by atoms with E-state index >= 15 is 0 Å². The Labute approximate surface area is 134 Å². The molecule has 3 aromatic carbocycles. The number of benzene rings is 3. The molecule has 0 saturated carbocycles. The van der Waals surface area contributed by atoms with Gasteiger partial charge in [-0.25, -0.2) is 8.78 Å². The van der Waals surface area contributed by atoms with Crippen LogP contribution < -0.4 is 0 Å². The van der Waals surface area contributed by atoms with Crippen molar-refractivity contribution in [3.8, 4) is 0 Å². The Balaban J connectivity index is 1.69. The maximum atomic E-state index is 13.9. The third-order valence-electron chi connectivity index (χ3n) is 4.99. The second-order valence-corrected chi connectivity index (χ2v) is 6.55. The average molecular weight is 308 g/mol. The highest BCUT2D eigenvalue weighted by Crippen LogP contribution is 2.35. The molecule has 2 heteroatoms. The van der Waals surface area contributed by atoms with Crippen LogP contribution >= 0.6 is 0 Å². The molecule has 0 aliphatic heterocycles. The molecule has 0 spiro atoms. The van der Waals surface area contributed by atoms with E-state index in [4.69, 9.17) is 0 Å². The van der Waals surface area contributed by atoms with Crippen molar-refractivity contribution in [1.29, 1.82) is 0 Å². The lowest BCUT2D eigenvalue weighted by molar-refractivity contribution is 0.478. The molecular formula is C21H18F2. The van der Waals surface area contributed by atoms with Gasteiger partial charge in [0.05, 0.1) is 0 Å². The molecule has 0 aromatic heterocycles. The second-order valence-electron chi connectivity index (χ2n) is 6.55. The van der Waals surface area contributed by atoms with Gasteiger partial charge < -0.3 is 0 Å². The summed E-state index contributed by atoms with van der Waals surface area (Å²) in [4.78, 5) is 0. The molecule has 0 N–H and O–H groups in total. The minimum absolute atomic E-state index is 0.373. The first-order chi connectivity index (χ1) is 11.1. The third kappa shape index (κ3) is 2.52. The first-order valence-electron chi connectivity index (χ1n) is 8.08. The summed E-state index contributed by atoms with van der Waals surface area (Å²) >= 11 is 0. The van der Waals surface area contributed by atoms with Crippen molar-refractivity contribution in [2.75, 3.05) is 0 Å². The van der Waals surface area contributed by atoms with E-state index in [0.717, 1.165) is 18.4 Å². The molecule has 23 heavy (non-hydrogen) atoms. The highest BCUT2D eigenvalue weighted by Gasteiger charge is 2.24. The molecule has 1 aliphatic rings. The molecule has 0 radical (unpaired) electrons. The quantitative estimate of drug-likeness (QED) is 0.541. The standard InChI is InChI=1S/C21H18F2/c1-13-2-3-15-11-16(5-4-14(15)10-13)17-6-8-19-18(12-17)7-9-20(22)21(19)23/h2-5,7,9-11,17H,6,8,12H2,1H3. The SMILES string of the molecule is Cc1ccc2cc(C3CCc4c(ccc(F)c4F)C3)ccc2c1. The van der Waals surface area contributed by atoms with Crippen molar-refractivity contribution < 1.29 is 8.78 Å². The van der Waals surface area contributed by atoms with Gasteiger partial charge in [-0.2, -0.15) is 0 Å². The Hall–Kier alpha value is -2.22. The molecule has 1 aliphatic carbocycles. The van der Waals surface area contributed by atoms with Crippen molar-refractivity contribution in [2.45, 2.75) is 32.1 Å². The van der Waals surface area contributed by atoms with Crippen LogP contribution in [0.25, 0.3) is 10.8 Å². The van der Waals surface area contributed by atoms with Crippen LogP contribution in [-0.2, 0) is 12.8 Å². The van der Waals surface area contributed by atoms with Crippen LogP contribution in [0, 0.1) is 18.6 Å². The summed E-state index contributed by atoms with van der Waals surface area (Å²) in [5.74, 6) is -1.02. The van der Waals surface area contributed by atoms with E-state index in [-0.39, 0.29) is 0 Å². The second kappa shape index (κ2) is 5.45. The number of aryl methyl sites for hydroxylation is 1. The van der Waals surface area contributed by atoms with Gasteiger partial charge in [-0.1, -0.05) is 48.0 Å². The lowest BCUT2D eigenvalue weighted by Gasteiger charge is -2.25. The zero-order valence-corrected chi connectivity index (χ0v) is 13.1. The molecule has 0 fully saturated rings. The molecule has 3 aromatic rings. The molecule has 1 atom stereocenters. The monoisotopic (exact) mass is 308 g/mol. The van der Waals surface area contributed by atoms with Crippen molar-refractivity contribution in [3.05, 3.63) is 82.4 Å². The van der Waals surface area contributed by atoms with Gasteiger partial charge in [-0.15, -0.1) is 0 Å². The van der Waals surface area contributed by atoms with Gasteiger partial charge in [0, 0.05) is 0 Å². The minimum Gasteiger partial charge on any atom is -0.204 e. The summed E-state index contributed by atoms with van der Waals surface area (Å²) < 4.78 is 27.2. The number of hydrogen-bond acceptors (Lipinski definition) is 0. The Kier molecular flexibility index (Phi) is 3.41. The van der Waals surface area contributed by atoms with E-state index in [0.29, 0.717) is 17.9 Å². The molecule has 0 bridgehead atoms. The van der Waals surface area contributed by atoms with E-state index in [2.05, 4.69) is 43.3 Å². The van der Waals surface area contributed by atoms with E-state index in [1.165, 1.54) is 28.0 Å². The summed E-state index contributed by atoms with van der Waals surface area (Å²) in [5, 5.41) is 2.49. The normalized spacial score (nSPS) is 17.3. The van der Waals surface area contributed by atoms with Gasteiger partial charge in [0.1, 0.15) is 0 Å². The predicted molar refractivity (Wildman–Crippen MR) is 89.8 cm³/mol. The summed E-state index contributed by atoms with van der Waals surface area (Å²) in [6.07, 6.45) is 2.25. The fourth-order valence-electron chi connectivity index (χ4n) is 3.70. The van der Waals surface area contributed by atoms with Crippen LogP contribution in [0.2, 0.25) is 0 Å². The van der Waals surface area contributed by atoms with E-state index in [1.807, 2.05) is 0 Å². The molecule has 4 rings (SSSR count). The summed E-state index contributed by atoms with van der Waals surface area (Å²) in [5.41, 5.74) is 4.06. The Morgan fingerprint density at radius 3 is 2.57 bits per heavy atom. The van der Waals surface area contributed by atoms with Crippen molar-refractivity contribution >= 4 is 10.8 Å². The minimum atomic E-state index is -0.733. The smallest absolute Gasteiger partial charge is 0.162 e. The van der Waals surface area contributed by atoms with Crippen LogP contribution in [0.1, 0.15) is 34.6 Å². The Bertz CT molecular complexity index is 896. The average Bonchev–Trinajstić information content (AvgIpc) is 2.57. The zero-order valence-electron chi connectivity index (χ0n) is 13.1. The number of halogens is 2. The lowest BCUT2D eigenvalue weighted by Crippen LogP contribution is -2.15. The van der Waals surface area contributed by atoms with Gasteiger partial charge in [-0.3, -0.25) is 0 Å². The van der Waals surface area contributed by atoms with E-state index < -0.39 is 11.6 Å². The maximum Gasteiger partial charge on any atom is 0.162 e. The Morgan fingerprint density at radius 2 is 1.70 bits per heavy atom. The molecule has 0 heterocycles. The zero-order chi connectivity index (χ0) is 16.0. The van der Waals surface area contributed by atoms with Gasteiger partial charge >= 0.3 is 0 Å². The van der Waals surface area contributed by atoms with Crippen LogP contribution in [0.4, 0.5) is 8.78 Å². The van der Waals surface area contributed by atoms with E-state index in [1.54, 1.807) is 6.07 Å². The largest absolute Gasteiger partial charge is 0.204 e.